The van der Waals surface area contributed by atoms with E-state index >= 15 is 0 Å². The lowest BCUT2D eigenvalue weighted by Crippen LogP contribution is -2.28. The van der Waals surface area contributed by atoms with Crippen molar-refractivity contribution < 1.29 is 8.42 Å². The quantitative estimate of drug-likeness (QED) is 0.565. The van der Waals surface area contributed by atoms with Crippen molar-refractivity contribution in [2.75, 3.05) is 32.9 Å². The molecule has 120 valence electrons. The van der Waals surface area contributed by atoms with Crippen LogP contribution in [0.5, 0.6) is 0 Å². The lowest BCUT2D eigenvalue weighted by Gasteiger charge is -2.15. The van der Waals surface area contributed by atoms with E-state index in [4.69, 9.17) is 5.73 Å². The highest BCUT2D eigenvalue weighted by Gasteiger charge is 2.20. The van der Waals surface area contributed by atoms with Crippen LogP contribution in [0, 0.1) is 0 Å². The van der Waals surface area contributed by atoms with Crippen LogP contribution in [0.1, 0.15) is 31.4 Å². The number of nitrogen functional groups attached to an aromatic ring is 1. The summed E-state index contributed by atoms with van der Waals surface area (Å²) in [7, 11) is 0.430. The van der Waals surface area contributed by atoms with Crippen LogP contribution in [0.3, 0.4) is 0 Å². The second-order valence-electron chi connectivity index (χ2n) is 5.42. The highest BCUT2D eigenvalue weighted by atomic mass is 32.2. The topological polar surface area (TPSA) is 75.4 Å². The Balaban J connectivity index is 2.98. The first-order valence-electron chi connectivity index (χ1n) is 7.37. The Labute approximate surface area is 128 Å². The number of hydrogen-bond acceptors (Lipinski definition) is 4. The Morgan fingerprint density at radius 1 is 1.19 bits per heavy atom. The molecule has 3 N–H and O–H groups in total. The number of nitrogens with two attached hydrogens (primary N) is 1. The summed E-state index contributed by atoms with van der Waals surface area (Å²) in [6.45, 7) is 5.18. The van der Waals surface area contributed by atoms with E-state index in [-0.39, 0.29) is 0 Å². The van der Waals surface area contributed by atoms with E-state index in [0.29, 0.717) is 29.1 Å². The molecule has 0 saturated carbocycles. The molecule has 1 rings (SSSR count). The predicted molar refractivity (Wildman–Crippen MR) is 88.0 cm³/mol. The predicted octanol–water partition coefficient (Wildman–Crippen LogP) is 1.62. The zero-order valence-corrected chi connectivity index (χ0v) is 14.3. The van der Waals surface area contributed by atoms with Crippen LogP contribution in [0.4, 0.5) is 5.69 Å². The molecule has 0 radical (unpaired) electrons. The van der Waals surface area contributed by atoms with Crippen LogP contribution in [-0.2, 0) is 22.9 Å². The Hall–Kier alpha value is -1.11. The Morgan fingerprint density at radius 2 is 1.86 bits per heavy atom. The number of benzene rings is 1. The second-order valence-corrected chi connectivity index (χ2v) is 7.16. The third-order valence-electron chi connectivity index (χ3n) is 3.43. The first-order valence-corrected chi connectivity index (χ1v) is 8.85. The van der Waals surface area contributed by atoms with E-state index in [0.717, 1.165) is 24.9 Å². The maximum atomic E-state index is 12.5. The fraction of sp³-hybridized carbons (Fsp3) is 0.600. The summed E-state index contributed by atoms with van der Waals surface area (Å²) in [4.78, 5) is 2.35. The van der Waals surface area contributed by atoms with Crippen molar-refractivity contribution in [1.29, 1.82) is 0 Å². The molecule has 0 spiro atoms. The molecule has 0 aromatic heterocycles. The van der Waals surface area contributed by atoms with E-state index in [9.17, 15) is 8.42 Å². The molecular weight excluding hydrogens is 286 g/mol. The zero-order chi connectivity index (χ0) is 16.0. The van der Waals surface area contributed by atoms with Gasteiger partial charge in [-0.2, -0.15) is 0 Å². The van der Waals surface area contributed by atoms with Gasteiger partial charge in [-0.25, -0.2) is 13.1 Å². The largest absolute Gasteiger partial charge is 0.398 e. The van der Waals surface area contributed by atoms with E-state index < -0.39 is 10.0 Å². The Kier molecular flexibility index (Phi) is 6.64. The molecule has 5 nitrogen and oxygen atoms in total. The van der Waals surface area contributed by atoms with Crippen molar-refractivity contribution in [1.82, 2.24) is 9.62 Å². The minimum atomic E-state index is -3.50. The number of nitrogens with zero attached hydrogens (tertiary/aromatic N) is 1. The number of hydrogen-bond donors (Lipinski definition) is 2. The van der Waals surface area contributed by atoms with Crippen molar-refractivity contribution >= 4 is 15.7 Å². The molecule has 6 heteroatoms. The van der Waals surface area contributed by atoms with E-state index in [2.05, 4.69) is 4.72 Å². The molecule has 0 aliphatic rings. The highest BCUT2D eigenvalue weighted by Crippen LogP contribution is 2.25. The maximum absolute atomic E-state index is 12.5. The number of rotatable bonds is 8. The summed E-state index contributed by atoms with van der Waals surface area (Å²) >= 11 is 0. The lowest BCUT2D eigenvalue weighted by molar-refractivity contribution is 0.400. The van der Waals surface area contributed by atoms with Crippen molar-refractivity contribution in [2.24, 2.45) is 0 Å². The summed E-state index contributed by atoms with van der Waals surface area (Å²) in [5.74, 6) is 0. The van der Waals surface area contributed by atoms with Crippen molar-refractivity contribution in [2.45, 2.75) is 38.0 Å². The minimum Gasteiger partial charge on any atom is -0.398 e. The van der Waals surface area contributed by atoms with Crippen molar-refractivity contribution in [3.8, 4) is 0 Å². The fourth-order valence-corrected chi connectivity index (χ4v) is 3.69. The number of nitrogens with one attached hydrogen (secondary N) is 1. The Bertz CT molecular complexity index is 569. The Morgan fingerprint density at radius 3 is 2.38 bits per heavy atom. The van der Waals surface area contributed by atoms with Gasteiger partial charge in [0.15, 0.2) is 0 Å². The third-order valence-corrected chi connectivity index (χ3v) is 4.96. The lowest BCUT2D eigenvalue weighted by atomic mass is 10.1. The molecule has 0 saturated heterocycles. The van der Waals surface area contributed by atoms with Gasteiger partial charge in [0, 0.05) is 12.2 Å². The average molecular weight is 313 g/mol. The van der Waals surface area contributed by atoms with Crippen LogP contribution in [0.15, 0.2) is 17.0 Å². The monoisotopic (exact) mass is 313 g/mol. The number of sulfonamides is 1. The average Bonchev–Trinajstić information content (AvgIpc) is 2.42. The smallest absolute Gasteiger partial charge is 0.240 e. The highest BCUT2D eigenvalue weighted by molar-refractivity contribution is 7.89. The van der Waals surface area contributed by atoms with Gasteiger partial charge < -0.3 is 10.6 Å². The molecule has 0 amide bonds. The molecule has 0 atom stereocenters. The first-order chi connectivity index (χ1) is 9.81. The van der Waals surface area contributed by atoms with Gasteiger partial charge in [-0.3, -0.25) is 0 Å². The van der Waals surface area contributed by atoms with E-state index in [1.54, 1.807) is 6.07 Å². The van der Waals surface area contributed by atoms with Crippen LogP contribution in [-0.4, -0.2) is 40.5 Å². The van der Waals surface area contributed by atoms with E-state index in [1.165, 1.54) is 0 Å². The van der Waals surface area contributed by atoms with Gasteiger partial charge in [-0.15, -0.1) is 0 Å². The van der Waals surface area contributed by atoms with E-state index in [1.807, 2.05) is 38.9 Å². The molecule has 0 aliphatic carbocycles. The van der Waals surface area contributed by atoms with Crippen LogP contribution < -0.4 is 10.5 Å². The van der Waals surface area contributed by atoms with Crippen molar-refractivity contribution in [3.05, 3.63) is 23.3 Å². The molecule has 0 bridgehead atoms. The SMILES string of the molecule is CCc1cc(N)c(CC)c(S(=O)(=O)NCCCN(C)C)c1. The molecule has 0 aliphatic heterocycles. The first kappa shape index (κ1) is 17.9. The standard InChI is InChI=1S/C15H27N3O2S/c1-5-12-10-14(16)13(6-2)15(11-12)21(19,20)17-8-7-9-18(3)4/h10-11,17H,5-9,16H2,1-4H3. The molecule has 0 fully saturated rings. The normalized spacial score (nSPS) is 12.0. The molecule has 21 heavy (non-hydrogen) atoms. The summed E-state index contributed by atoms with van der Waals surface area (Å²) in [5, 5.41) is 0. The van der Waals surface area contributed by atoms with Gasteiger partial charge >= 0.3 is 0 Å². The summed E-state index contributed by atoms with van der Waals surface area (Å²) in [5.41, 5.74) is 8.21. The van der Waals surface area contributed by atoms with Gasteiger partial charge in [0.1, 0.15) is 0 Å². The van der Waals surface area contributed by atoms with Gasteiger partial charge in [0.25, 0.3) is 0 Å². The minimum absolute atomic E-state index is 0.326. The summed E-state index contributed by atoms with van der Waals surface area (Å²) in [6.07, 6.45) is 2.14. The number of aryl methyl sites for hydroxylation is 1. The van der Waals surface area contributed by atoms with Crippen LogP contribution >= 0.6 is 0 Å². The maximum Gasteiger partial charge on any atom is 0.240 e. The number of anilines is 1. The van der Waals surface area contributed by atoms with Gasteiger partial charge in [0.05, 0.1) is 4.90 Å². The van der Waals surface area contributed by atoms with Gasteiger partial charge in [-0.05, 0) is 63.2 Å². The zero-order valence-electron chi connectivity index (χ0n) is 13.4. The molecule has 1 aromatic carbocycles. The van der Waals surface area contributed by atoms with Gasteiger partial charge in [0.2, 0.25) is 10.0 Å². The van der Waals surface area contributed by atoms with Crippen LogP contribution in [0.25, 0.3) is 0 Å². The fourth-order valence-electron chi connectivity index (χ4n) is 2.23. The molecule has 0 unspecified atom stereocenters. The molecular formula is C15H27N3O2S. The molecule has 0 heterocycles. The van der Waals surface area contributed by atoms with Crippen molar-refractivity contribution in [3.63, 3.8) is 0 Å². The summed E-state index contributed by atoms with van der Waals surface area (Å²) < 4.78 is 27.7. The molecule has 1 aromatic rings. The second kappa shape index (κ2) is 7.77. The third kappa shape index (κ3) is 4.98. The van der Waals surface area contributed by atoms with Gasteiger partial charge in [-0.1, -0.05) is 13.8 Å². The summed E-state index contributed by atoms with van der Waals surface area (Å²) in [6, 6.07) is 3.60. The van der Waals surface area contributed by atoms with Crippen LogP contribution in [0.2, 0.25) is 0 Å².